The molecule has 154 valence electrons. The second-order valence-corrected chi connectivity index (χ2v) is 7.93. The molecule has 1 saturated heterocycles. The van der Waals surface area contributed by atoms with Crippen molar-refractivity contribution in [1.82, 2.24) is 5.32 Å². The van der Waals surface area contributed by atoms with Crippen molar-refractivity contribution in [2.75, 3.05) is 5.32 Å². The van der Waals surface area contributed by atoms with Gasteiger partial charge in [0.25, 0.3) is 5.69 Å². The van der Waals surface area contributed by atoms with E-state index < -0.39 is 16.1 Å². The van der Waals surface area contributed by atoms with Gasteiger partial charge in [0.2, 0.25) is 11.8 Å². The molecule has 2 aromatic rings. The van der Waals surface area contributed by atoms with E-state index in [1.165, 1.54) is 18.3 Å². The van der Waals surface area contributed by atoms with E-state index in [0.29, 0.717) is 16.3 Å². The molecule has 2 aromatic carbocycles. The maximum Gasteiger partial charge on any atom is 0.271 e. The number of halogens is 1. The summed E-state index contributed by atoms with van der Waals surface area (Å²) < 4.78 is 0. The molecule has 1 unspecified atom stereocenters. The van der Waals surface area contributed by atoms with E-state index in [1.807, 2.05) is 0 Å². The first-order chi connectivity index (χ1) is 14.3. The zero-order valence-electron chi connectivity index (χ0n) is 15.7. The lowest BCUT2D eigenvalue weighted by Gasteiger charge is -2.09. The van der Waals surface area contributed by atoms with Gasteiger partial charge in [-0.3, -0.25) is 19.7 Å². The van der Waals surface area contributed by atoms with Gasteiger partial charge in [-0.05, 0) is 30.2 Å². The maximum absolute atomic E-state index is 12.3. The minimum Gasteiger partial charge on any atom is -0.326 e. The molecule has 0 aliphatic carbocycles. The number of nitro groups is 1. The van der Waals surface area contributed by atoms with Crippen LogP contribution in [0.15, 0.2) is 52.7 Å². The topological polar surface area (TPSA) is 126 Å². The Kier molecular flexibility index (Phi) is 6.80. The third kappa shape index (κ3) is 5.65. The van der Waals surface area contributed by atoms with Crippen molar-refractivity contribution in [3.8, 4) is 0 Å². The Labute approximate surface area is 180 Å². The largest absolute Gasteiger partial charge is 0.326 e. The van der Waals surface area contributed by atoms with Crippen molar-refractivity contribution in [1.29, 1.82) is 0 Å². The Bertz CT molecular complexity index is 1060. The van der Waals surface area contributed by atoms with Crippen LogP contribution in [0.1, 0.15) is 17.5 Å². The highest BCUT2D eigenvalue weighted by molar-refractivity contribution is 8.15. The number of anilines is 1. The molecule has 9 nitrogen and oxygen atoms in total. The van der Waals surface area contributed by atoms with Gasteiger partial charge in [0, 0.05) is 23.6 Å². The van der Waals surface area contributed by atoms with Gasteiger partial charge >= 0.3 is 0 Å². The Morgan fingerprint density at radius 3 is 2.77 bits per heavy atom. The highest BCUT2D eigenvalue weighted by atomic mass is 35.5. The molecule has 2 amide bonds. The van der Waals surface area contributed by atoms with E-state index >= 15 is 0 Å². The SMILES string of the molecule is Cc1ccc([N+](=O)[O-])cc1NC(=O)CC1SC(=NN=Cc2ccc(Cl)cc2)NC1=O. The number of amidine groups is 1. The number of amides is 2. The van der Waals surface area contributed by atoms with Crippen LogP contribution in [-0.2, 0) is 9.59 Å². The summed E-state index contributed by atoms with van der Waals surface area (Å²) in [5.41, 5.74) is 1.67. The van der Waals surface area contributed by atoms with E-state index in [1.54, 1.807) is 37.3 Å². The lowest BCUT2D eigenvalue weighted by atomic mass is 10.1. The number of carbonyl (C=O) groups excluding carboxylic acids is 2. The van der Waals surface area contributed by atoms with Gasteiger partial charge in [0.05, 0.1) is 16.8 Å². The fraction of sp³-hybridized carbons (Fsp3) is 0.158. The molecule has 0 saturated carbocycles. The zero-order chi connectivity index (χ0) is 21.7. The van der Waals surface area contributed by atoms with Gasteiger partial charge in [0.15, 0.2) is 5.17 Å². The number of benzene rings is 2. The molecule has 1 atom stereocenters. The summed E-state index contributed by atoms with van der Waals surface area (Å²) in [6, 6.07) is 11.2. The van der Waals surface area contributed by atoms with Crippen LogP contribution in [0.3, 0.4) is 0 Å². The Hall–Kier alpha value is -3.24. The smallest absolute Gasteiger partial charge is 0.271 e. The van der Waals surface area contributed by atoms with Crippen LogP contribution < -0.4 is 10.6 Å². The van der Waals surface area contributed by atoms with Gasteiger partial charge in [-0.1, -0.05) is 41.6 Å². The standard InChI is InChI=1S/C19H16ClN5O4S/c1-11-2-7-14(25(28)29)8-15(11)22-17(26)9-16-18(27)23-19(30-16)24-21-10-12-3-5-13(20)6-4-12/h2-8,10,16H,9H2,1H3,(H,22,26)(H,23,24,27). The normalized spacial score (nSPS) is 17.3. The van der Waals surface area contributed by atoms with Gasteiger partial charge in [-0.2, -0.15) is 5.10 Å². The number of hydrogen-bond acceptors (Lipinski definition) is 7. The van der Waals surface area contributed by atoms with Crippen LogP contribution >= 0.6 is 23.4 Å². The molecule has 0 aromatic heterocycles. The molecule has 0 bridgehead atoms. The molecular weight excluding hydrogens is 430 g/mol. The second kappa shape index (κ2) is 9.51. The summed E-state index contributed by atoms with van der Waals surface area (Å²) in [4.78, 5) is 34.8. The van der Waals surface area contributed by atoms with Gasteiger partial charge < -0.3 is 10.6 Å². The summed E-state index contributed by atoms with van der Waals surface area (Å²) in [6.07, 6.45) is 1.40. The molecule has 3 rings (SSSR count). The Morgan fingerprint density at radius 2 is 2.07 bits per heavy atom. The summed E-state index contributed by atoms with van der Waals surface area (Å²) >= 11 is 6.91. The fourth-order valence-corrected chi connectivity index (χ4v) is 3.56. The third-order valence-corrected chi connectivity index (χ3v) is 5.40. The first-order valence-electron chi connectivity index (χ1n) is 8.71. The van der Waals surface area contributed by atoms with Gasteiger partial charge in [-0.25, -0.2) is 0 Å². The van der Waals surface area contributed by atoms with Crippen molar-refractivity contribution < 1.29 is 14.5 Å². The number of nitrogens with one attached hydrogen (secondary N) is 2. The molecule has 0 radical (unpaired) electrons. The highest BCUT2D eigenvalue weighted by Crippen LogP contribution is 2.25. The lowest BCUT2D eigenvalue weighted by molar-refractivity contribution is -0.384. The average Bonchev–Trinajstić information content (AvgIpc) is 3.04. The van der Waals surface area contributed by atoms with Crippen molar-refractivity contribution >= 4 is 57.9 Å². The fourth-order valence-electron chi connectivity index (χ4n) is 2.51. The molecule has 11 heteroatoms. The predicted octanol–water partition coefficient (Wildman–Crippen LogP) is 3.51. The number of aryl methyl sites for hydroxylation is 1. The minimum absolute atomic E-state index is 0.113. The molecule has 1 aliphatic rings. The van der Waals surface area contributed by atoms with Gasteiger partial charge in [-0.15, -0.1) is 5.10 Å². The molecule has 1 fully saturated rings. The number of thioether (sulfide) groups is 1. The van der Waals surface area contributed by atoms with Crippen LogP contribution in [0.5, 0.6) is 0 Å². The maximum atomic E-state index is 12.3. The number of non-ortho nitro benzene ring substituents is 1. The molecular formula is C19H16ClN5O4S. The van der Waals surface area contributed by atoms with Crippen LogP contribution in [0.25, 0.3) is 0 Å². The summed E-state index contributed by atoms with van der Waals surface area (Å²) in [7, 11) is 0. The van der Waals surface area contributed by atoms with Crippen LogP contribution in [0.2, 0.25) is 5.02 Å². The quantitative estimate of drug-likeness (QED) is 0.399. The monoisotopic (exact) mass is 445 g/mol. The summed E-state index contributed by atoms with van der Waals surface area (Å²) in [6.45, 7) is 1.72. The Morgan fingerprint density at radius 1 is 1.33 bits per heavy atom. The highest BCUT2D eigenvalue weighted by Gasteiger charge is 2.32. The number of nitrogens with zero attached hydrogens (tertiary/aromatic N) is 3. The molecule has 2 N–H and O–H groups in total. The predicted molar refractivity (Wildman–Crippen MR) is 117 cm³/mol. The van der Waals surface area contributed by atoms with E-state index in [-0.39, 0.29) is 23.2 Å². The number of rotatable bonds is 6. The molecule has 0 spiro atoms. The van der Waals surface area contributed by atoms with E-state index in [2.05, 4.69) is 20.8 Å². The summed E-state index contributed by atoms with van der Waals surface area (Å²) in [5.74, 6) is -0.788. The third-order valence-electron chi connectivity index (χ3n) is 4.08. The Balaban J connectivity index is 1.59. The van der Waals surface area contributed by atoms with E-state index in [9.17, 15) is 19.7 Å². The number of hydrogen-bond donors (Lipinski definition) is 2. The number of carbonyl (C=O) groups is 2. The van der Waals surface area contributed by atoms with Gasteiger partial charge in [0.1, 0.15) is 5.25 Å². The van der Waals surface area contributed by atoms with E-state index in [4.69, 9.17) is 11.6 Å². The van der Waals surface area contributed by atoms with Crippen LogP contribution in [0, 0.1) is 17.0 Å². The minimum atomic E-state index is -0.673. The number of nitro benzene ring substituents is 1. The first-order valence-corrected chi connectivity index (χ1v) is 9.96. The van der Waals surface area contributed by atoms with Crippen molar-refractivity contribution in [3.05, 3.63) is 68.7 Å². The zero-order valence-corrected chi connectivity index (χ0v) is 17.2. The lowest BCUT2D eigenvalue weighted by Crippen LogP contribution is -2.28. The molecule has 1 aliphatic heterocycles. The van der Waals surface area contributed by atoms with E-state index in [0.717, 1.165) is 17.3 Å². The molecule has 1 heterocycles. The van der Waals surface area contributed by atoms with Crippen LogP contribution in [-0.4, -0.2) is 33.4 Å². The van der Waals surface area contributed by atoms with Crippen molar-refractivity contribution in [3.63, 3.8) is 0 Å². The first kappa shape index (κ1) is 21.5. The second-order valence-electron chi connectivity index (χ2n) is 6.31. The molecule has 30 heavy (non-hydrogen) atoms. The van der Waals surface area contributed by atoms with Crippen LogP contribution in [0.4, 0.5) is 11.4 Å². The van der Waals surface area contributed by atoms with Crippen molar-refractivity contribution in [2.24, 2.45) is 10.2 Å². The summed E-state index contributed by atoms with van der Waals surface area (Å²) in [5, 5.41) is 24.2. The average molecular weight is 446 g/mol. The van der Waals surface area contributed by atoms with Crippen molar-refractivity contribution in [2.45, 2.75) is 18.6 Å².